The summed E-state index contributed by atoms with van der Waals surface area (Å²) >= 11 is 0. The van der Waals surface area contributed by atoms with Crippen molar-refractivity contribution in [3.05, 3.63) is 0 Å². The number of nitrogens with one attached hydrogen (secondary N) is 1. The molecule has 6 heteroatoms. The quantitative estimate of drug-likeness (QED) is 0.868. The third-order valence-electron chi connectivity index (χ3n) is 6.05. The maximum absolute atomic E-state index is 13.4. The van der Waals surface area contributed by atoms with Crippen molar-refractivity contribution in [3.63, 3.8) is 0 Å². The third-order valence-corrected chi connectivity index (χ3v) is 6.05. The van der Waals surface area contributed by atoms with Gasteiger partial charge >= 0.3 is 6.18 Å². The number of hydrogen-bond acceptors (Lipinski definition) is 2. The van der Waals surface area contributed by atoms with Gasteiger partial charge < -0.3 is 5.32 Å². The van der Waals surface area contributed by atoms with Gasteiger partial charge in [0.05, 0.1) is 23.3 Å². The van der Waals surface area contributed by atoms with Crippen LogP contribution in [-0.4, -0.2) is 18.6 Å². The normalized spacial score (nSPS) is 36.3. The van der Waals surface area contributed by atoms with Crippen LogP contribution >= 0.6 is 0 Å². The minimum Gasteiger partial charge on any atom is -0.354 e. The first-order valence-corrected chi connectivity index (χ1v) is 8.12. The van der Waals surface area contributed by atoms with E-state index in [1.807, 2.05) is 0 Å². The van der Waals surface area contributed by atoms with Crippen molar-refractivity contribution in [2.45, 2.75) is 51.1 Å². The Kier molecular flexibility index (Phi) is 3.86. The summed E-state index contributed by atoms with van der Waals surface area (Å²) in [5.41, 5.74) is -0.545. The molecule has 0 aliphatic heterocycles. The Morgan fingerprint density at radius 3 is 2.23 bits per heavy atom. The summed E-state index contributed by atoms with van der Waals surface area (Å²) in [6.07, 6.45) is 0.698. The predicted molar refractivity (Wildman–Crippen MR) is 73.4 cm³/mol. The van der Waals surface area contributed by atoms with Crippen LogP contribution in [0.15, 0.2) is 0 Å². The lowest BCUT2D eigenvalue weighted by atomic mass is 9.58. The van der Waals surface area contributed by atoms with Crippen LogP contribution in [0.3, 0.4) is 0 Å². The summed E-state index contributed by atoms with van der Waals surface area (Å²) < 4.78 is 40.2. The molecule has 4 saturated carbocycles. The summed E-state index contributed by atoms with van der Waals surface area (Å²) in [7, 11) is 0. The van der Waals surface area contributed by atoms with Crippen molar-refractivity contribution < 1.29 is 18.0 Å². The highest BCUT2D eigenvalue weighted by molar-refractivity contribution is 5.79. The van der Waals surface area contributed by atoms with Crippen molar-refractivity contribution in [2.75, 3.05) is 6.54 Å². The average molecular weight is 314 g/mol. The van der Waals surface area contributed by atoms with Crippen LogP contribution in [0, 0.1) is 40.4 Å². The van der Waals surface area contributed by atoms with Crippen LogP contribution in [0.5, 0.6) is 0 Å². The number of halogens is 3. The molecule has 122 valence electrons. The van der Waals surface area contributed by atoms with Crippen LogP contribution < -0.4 is 5.32 Å². The molecule has 0 heterocycles. The first kappa shape index (κ1) is 15.6. The first-order chi connectivity index (χ1) is 10.4. The minimum absolute atomic E-state index is 0.156. The van der Waals surface area contributed by atoms with E-state index in [9.17, 15) is 18.0 Å². The first-order valence-electron chi connectivity index (χ1n) is 8.12. The van der Waals surface area contributed by atoms with Gasteiger partial charge in [-0.2, -0.15) is 18.4 Å². The van der Waals surface area contributed by atoms with Crippen molar-refractivity contribution in [1.82, 2.24) is 5.32 Å². The lowest BCUT2D eigenvalue weighted by molar-refractivity contribution is -0.229. The SMILES string of the molecule is N#CC1(CNC(=O)[C@H]2C3CCC(CC3)[C@@H]2C(F)(F)F)CCC1. The molecule has 0 spiro atoms. The summed E-state index contributed by atoms with van der Waals surface area (Å²) in [6.45, 7) is 0.195. The topological polar surface area (TPSA) is 52.9 Å². The van der Waals surface area contributed by atoms with E-state index >= 15 is 0 Å². The van der Waals surface area contributed by atoms with Gasteiger partial charge in [-0.25, -0.2) is 0 Å². The Hall–Kier alpha value is -1.25. The molecule has 0 aromatic rings. The molecular formula is C16H21F3N2O. The maximum atomic E-state index is 13.4. The molecule has 0 radical (unpaired) electrons. The number of hydrogen-bond donors (Lipinski definition) is 1. The van der Waals surface area contributed by atoms with E-state index in [-0.39, 0.29) is 12.5 Å². The van der Waals surface area contributed by atoms with Crippen LogP contribution in [0.2, 0.25) is 0 Å². The Labute approximate surface area is 128 Å². The fraction of sp³-hybridized carbons (Fsp3) is 0.875. The number of fused-ring (bicyclic) bond motifs is 3. The second-order valence-electron chi connectivity index (χ2n) is 7.23. The molecule has 4 aliphatic rings. The monoisotopic (exact) mass is 314 g/mol. The standard InChI is InChI=1S/C16H21F3N2O/c17-16(18,19)13-11-4-2-10(3-5-11)12(13)14(22)21-9-15(8-20)6-1-7-15/h10-13H,1-7,9H2,(H,21,22)/t10?,11?,12-,13-/m0/s1. The summed E-state index contributed by atoms with van der Waals surface area (Å²) in [5.74, 6) is -3.51. The molecule has 0 aromatic heterocycles. The zero-order chi connectivity index (χ0) is 16.0. The zero-order valence-electron chi connectivity index (χ0n) is 12.5. The Balaban J connectivity index is 1.71. The molecule has 2 bridgehead atoms. The lowest BCUT2D eigenvalue weighted by Crippen LogP contribution is -2.54. The molecule has 4 fully saturated rings. The molecule has 1 N–H and O–H groups in total. The summed E-state index contributed by atoms with van der Waals surface area (Å²) in [4.78, 5) is 12.4. The molecule has 2 atom stereocenters. The highest BCUT2D eigenvalue weighted by atomic mass is 19.4. The minimum atomic E-state index is -4.31. The number of amides is 1. The van der Waals surface area contributed by atoms with E-state index in [2.05, 4.69) is 11.4 Å². The lowest BCUT2D eigenvalue weighted by Gasteiger charge is -2.48. The Morgan fingerprint density at radius 2 is 1.77 bits per heavy atom. The molecule has 3 nitrogen and oxygen atoms in total. The van der Waals surface area contributed by atoms with Gasteiger partial charge in [-0.3, -0.25) is 4.79 Å². The highest BCUT2D eigenvalue weighted by Gasteiger charge is 2.58. The molecule has 0 aromatic carbocycles. The second kappa shape index (κ2) is 5.43. The fourth-order valence-corrected chi connectivity index (χ4v) is 4.60. The molecule has 0 unspecified atom stereocenters. The van der Waals surface area contributed by atoms with Gasteiger partial charge in [-0.05, 0) is 50.4 Å². The van der Waals surface area contributed by atoms with Gasteiger partial charge in [0, 0.05) is 6.54 Å². The van der Waals surface area contributed by atoms with Crippen molar-refractivity contribution in [3.8, 4) is 6.07 Å². The van der Waals surface area contributed by atoms with E-state index in [0.717, 1.165) is 32.1 Å². The van der Waals surface area contributed by atoms with Crippen LogP contribution in [-0.2, 0) is 4.79 Å². The number of rotatable bonds is 3. The van der Waals surface area contributed by atoms with Crippen molar-refractivity contribution in [1.29, 1.82) is 5.26 Å². The molecule has 0 saturated heterocycles. The maximum Gasteiger partial charge on any atom is 0.392 e. The summed E-state index contributed by atoms with van der Waals surface area (Å²) in [6, 6.07) is 2.21. The predicted octanol–water partition coefficient (Wildman–Crippen LogP) is 3.41. The van der Waals surface area contributed by atoms with Crippen LogP contribution in [0.25, 0.3) is 0 Å². The van der Waals surface area contributed by atoms with E-state index < -0.39 is 35.3 Å². The summed E-state index contributed by atoms with van der Waals surface area (Å²) in [5, 5.41) is 11.8. The van der Waals surface area contributed by atoms with Gasteiger partial charge in [0.1, 0.15) is 0 Å². The van der Waals surface area contributed by atoms with Gasteiger partial charge in [-0.1, -0.05) is 6.42 Å². The van der Waals surface area contributed by atoms with E-state index in [4.69, 9.17) is 5.26 Å². The van der Waals surface area contributed by atoms with Crippen molar-refractivity contribution in [2.24, 2.45) is 29.1 Å². The number of carbonyl (C=O) groups is 1. The van der Waals surface area contributed by atoms with Gasteiger partial charge in [-0.15, -0.1) is 0 Å². The third kappa shape index (κ3) is 2.59. The van der Waals surface area contributed by atoms with Crippen LogP contribution in [0.1, 0.15) is 44.9 Å². The average Bonchev–Trinajstić information content (AvgIpc) is 2.45. The van der Waals surface area contributed by atoms with E-state index in [0.29, 0.717) is 12.8 Å². The number of alkyl halides is 3. The molecule has 22 heavy (non-hydrogen) atoms. The molecule has 1 amide bonds. The smallest absolute Gasteiger partial charge is 0.354 e. The van der Waals surface area contributed by atoms with E-state index in [1.165, 1.54) is 0 Å². The van der Waals surface area contributed by atoms with Crippen molar-refractivity contribution >= 4 is 5.91 Å². The van der Waals surface area contributed by atoms with Gasteiger partial charge in [0.2, 0.25) is 5.91 Å². The zero-order valence-corrected chi connectivity index (χ0v) is 12.5. The fourth-order valence-electron chi connectivity index (χ4n) is 4.60. The Morgan fingerprint density at radius 1 is 1.18 bits per heavy atom. The Bertz CT molecular complexity index is 485. The van der Waals surface area contributed by atoms with E-state index in [1.54, 1.807) is 0 Å². The largest absolute Gasteiger partial charge is 0.392 e. The molecule has 4 aliphatic carbocycles. The number of nitriles is 1. The second-order valence-corrected chi connectivity index (χ2v) is 7.23. The number of carbonyl (C=O) groups excluding carboxylic acids is 1. The van der Waals surface area contributed by atoms with Gasteiger partial charge in [0.15, 0.2) is 0 Å². The van der Waals surface area contributed by atoms with Crippen LogP contribution in [0.4, 0.5) is 13.2 Å². The molecular weight excluding hydrogens is 293 g/mol. The number of nitrogens with zero attached hydrogens (tertiary/aromatic N) is 1. The van der Waals surface area contributed by atoms with Gasteiger partial charge in [0.25, 0.3) is 0 Å². The molecule has 4 rings (SSSR count). The highest BCUT2D eigenvalue weighted by Crippen LogP contribution is 2.54.